The van der Waals surface area contributed by atoms with Crippen molar-refractivity contribution in [3.05, 3.63) is 120 Å². The third-order valence-corrected chi connectivity index (χ3v) is 10.8. The summed E-state index contributed by atoms with van der Waals surface area (Å²) in [5, 5.41) is 12.2. The summed E-state index contributed by atoms with van der Waals surface area (Å²) in [4.78, 5) is 59.6. The first-order valence-corrected chi connectivity index (χ1v) is 15.5. The van der Waals surface area contributed by atoms with Crippen LogP contribution in [-0.4, -0.2) is 33.6 Å². The molecule has 0 bridgehead atoms. The number of hydrogen-bond acceptors (Lipinski definition) is 5. The zero-order chi connectivity index (χ0) is 31.0. The lowest BCUT2D eigenvalue weighted by atomic mass is 9.51. The average Bonchev–Trinajstić information content (AvgIpc) is 3.42. The van der Waals surface area contributed by atoms with Gasteiger partial charge < -0.3 is 5.11 Å². The van der Waals surface area contributed by atoms with Crippen molar-refractivity contribution in [3.8, 4) is 5.75 Å². The van der Waals surface area contributed by atoms with E-state index in [1.54, 1.807) is 18.2 Å². The molecule has 1 saturated carbocycles. The van der Waals surface area contributed by atoms with Crippen LogP contribution in [0.2, 0.25) is 0 Å². The number of likely N-dealkylation sites (tertiary alicyclic amines) is 1. The topological polar surface area (TPSA) is 95.0 Å². The van der Waals surface area contributed by atoms with Crippen LogP contribution in [0.3, 0.4) is 0 Å². The Balaban J connectivity index is 1.29. The summed E-state index contributed by atoms with van der Waals surface area (Å²) in [6.07, 6.45) is 2.77. The molecule has 7 heteroatoms. The summed E-state index contributed by atoms with van der Waals surface area (Å²) in [6, 6.07) is 29.5. The van der Waals surface area contributed by atoms with E-state index in [0.29, 0.717) is 23.9 Å². The van der Waals surface area contributed by atoms with Crippen molar-refractivity contribution in [2.75, 3.05) is 4.90 Å². The van der Waals surface area contributed by atoms with E-state index in [2.05, 4.69) is 6.08 Å². The van der Waals surface area contributed by atoms with E-state index < -0.39 is 29.1 Å². The number of rotatable bonds is 4. The molecule has 0 radical (unpaired) electrons. The van der Waals surface area contributed by atoms with Crippen molar-refractivity contribution in [1.29, 1.82) is 0 Å². The first-order chi connectivity index (χ1) is 21.8. The first-order valence-electron chi connectivity index (χ1n) is 15.5. The Morgan fingerprint density at radius 3 is 2.16 bits per heavy atom. The normalized spacial score (nSPS) is 29.1. The van der Waals surface area contributed by atoms with E-state index in [-0.39, 0.29) is 41.8 Å². The lowest BCUT2D eigenvalue weighted by Gasteiger charge is -2.49. The highest BCUT2D eigenvalue weighted by atomic mass is 16.3. The second-order valence-corrected chi connectivity index (χ2v) is 13.0. The summed E-state index contributed by atoms with van der Waals surface area (Å²) in [5.41, 5.74) is 2.03. The Labute approximate surface area is 260 Å². The van der Waals surface area contributed by atoms with Crippen LogP contribution in [0, 0.1) is 29.1 Å². The number of fused-ring (bicyclic) bond motifs is 5. The van der Waals surface area contributed by atoms with Gasteiger partial charge in [-0.3, -0.25) is 24.1 Å². The molecule has 4 aromatic carbocycles. The third-order valence-electron chi connectivity index (χ3n) is 10.8. The quantitative estimate of drug-likeness (QED) is 0.231. The van der Waals surface area contributed by atoms with Gasteiger partial charge in [-0.15, -0.1) is 0 Å². The summed E-state index contributed by atoms with van der Waals surface area (Å²) >= 11 is 0. The van der Waals surface area contributed by atoms with Crippen molar-refractivity contribution in [3.63, 3.8) is 0 Å². The molecule has 2 saturated heterocycles. The molecular formula is C38H32N2O5. The number of nitrogens with zero attached hydrogens (tertiary/aromatic N) is 2. The van der Waals surface area contributed by atoms with Gasteiger partial charge in [-0.2, -0.15) is 0 Å². The highest BCUT2D eigenvalue weighted by molar-refractivity contribution is 6.24. The van der Waals surface area contributed by atoms with Gasteiger partial charge in [-0.1, -0.05) is 90.5 Å². The fourth-order valence-corrected chi connectivity index (χ4v) is 8.73. The predicted octanol–water partition coefficient (Wildman–Crippen LogP) is 5.98. The molecule has 6 unspecified atom stereocenters. The van der Waals surface area contributed by atoms with E-state index in [1.165, 1.54) is 9.80 Å². The summed E-state index contributed by atoms with van der Waals surface area (Å²) in [6.45, 7) is 2.10. The Morgan fingerprint density at radius 1 is 0.756 bits per heavy atom. The van der Waals surface area contributed by atoms with Crippen LogP contribution < -0.4 is 4.90 Å². The zero-order valence-corrected chi connectivity index (χ0v) is 24.8. The number of phenols is 1. The van der Waals surface area contributed by atoms with E-state index in [0.717, 1.165) is 22.1 Å². The molecule has 4 aliphatic rings. The molecule has 0 aromatic heterocycles. The largest absolute Gasteiger partial charge is 0.507 e. The van der Waals surface area contributed by atoms with Crippen LogP contribution in [0.4, 0.5) is 5.69 Å². The first kappa shape index (κ1) is 27.5. The van der Waals surface area contributed by atoms with Gasteiger partial charge in [0, 0.05) is 11.3 Å². The molecule has 6 atom stereocenters. The van der Waals surface area contributed by atoms with Gasteiger partial charge in [0.1, 0.15) is 5.75 Å². The molecule has 3 fully saturated rings. The van der Waals surface area contributed by atoms with E-state index in [1.807, 2.05) is 85.8 Å². The Kier molecular flexibility index (Phi) is 6.11. The number of carbonyl (C=O) groups is 4. The molecule has 224 valence electrons. The highest BCUT2D eigenvalue weighted by Gasteiger charge is 2.67. The Hall–Kier alpha value is -5.04. The molecule has 2 heterocycles. The molecule has 45 heavy (non-hydrogen) atoms. The number of anilines is 1. The smallest absolute Gasteiger partial charge is 0.241 e. The van der Waals surface area contributed by atoms with Gasteiger partial charge in [-0.25, -0.2) is 4.90 Å². The third kappa shape index (κ3) is 3.82. The molecule has 1 N–H and O–H groups in total. The second kappa shape index (κ2) is 9.99. The van der Waals surface area contributed by atoms with Gasteiger partial charge in [0.2, 0.25) is 23.6 Å². The second-order valence-electron chi connectivity index (χ2n) is 13.0. The maximum Gasteiger partial charge on any atom is 0.241 e. The number of amides is 4. The van der Waals surface area contributed by atoms with Crippen molar-refractivity contribution in [1.82, 2.24) is 4.90 Å². The van der Waals surface area contributed by atoms with Crippen molar-refractivity contribution in [2.45, 2.75) is 32.2 Å². The molecule has 4 amide bonds. The van der Waals surface area contributed by atoms with Gasteiger partial charge >= 0.3 is 0 Å². The summed E-state index contributed by atoms with van der Waals surface area (Å²) in [5.74, 6) is -3.54. The molecule has 2 aliphatic heterocycles. The Morgan fingerprint density at radius 2 is 1.42 bits per heavy atom. The van der Waals surface area contributed by atoms with E-state index >= 15 is 0 Å². The molecular weight excluding hydrogens is 564 g/mol. The minimum absolute atomic E-state index is 0.133. The fourth-order valence-electron chi connectivity index (χ4n) is 8.73. The summed E-state index contributed by atoms with van der Waals surface area (Å²) in [7, 11) is 0. The number of carbonyl (C=O) groups excluding carboxylic acids is 4. The number of imide groups is 2. The predicted molar refractivity (Wildman–Crippen MR) is 169 cm³/mol. The maximum absolute atomic E-state index is 14.6. The van der Waals surface area contributed by atoms with E-state index in [4.69, 9.17) is 0 Å². The van der Waals surface area contributed by atoms with Crippen LogP contribution >= 0.6 is 0 Å². The molecule has 8 rings (SSSR count). The number of benzene rings is 4. The zero-order valence-electron chi connectivity index (χ0n) is 24.8. The molecule has 7 nitrogen and oxygen atoms in total. The van der Waals surface area contributed by atoms with Crippen LogP contribution in [0.15, 0.2) is 109 Å². The monoisotopic (exact) mass is 596 g/mol. The maximum atomic E-state index is 14.6. The van der Waals surface area contributed by atoms with Gasteiger partial charge in [0.15, 0.2) is 0 Å². The SMILES string of the molecule is CC12C(=O)N(c3ccccc3)C(=O)C1CC1C(=CCC3C(=O)N(Cc4ccccc4)C(=O)C31)C2c1ccc(O)c2ccccc12. The van der Waals surface area contributed by atoms with Gasteiger partial charge in [-0.05, 0) is 60.4 Å². The lowest BCUT2D eigenvalue weighted by molar-refractivity contribution is -0.141. The minimum Gasteiger partial charge on any atom is -0.507 e. The lowest BCUT2D eigenvalue weighted by Crippen LogP contribution is -2.49. The van der Waals surface area contributed by atoms with Gasteiger partial charge in [0.25, 0.3) is 0 Å². The molecule has 0 spiro atoms. The van der Waals surface area contributed by atoms with Crippen molar-refractivity contribution in [2.24, 2.45) is 29.1 Å². The number of allylic oxidation sites excluding steroid dienone is 2. The minimum atomic E-state index is -1.14. The number of phenolic OH excluding ortho intramolecular Hbond substituents is 1. The van der Waals surface area contributed by atoms with Crippen molar-refractivity contribution >= 4 is 40.1 Å². The van der Waals surface area contributed by atoms with Crippen LogP contribution in [-0.2, 0) is 25.7 Å². The van der Waals surface area contributed by atoms with E-state index in [9.17, 15) is 24.3 Å². The molecule has 4 aromatic rings. The summed E-state index contributed by atoms with van der Waals surface area (Å²) < 4.78 is 0. The average molecular weight is 597 g/mol. The van der Waals surface area contributed by atoms with Gasteiger partial charge in [0.05, 0.1) is 35.4 Å². The fraction of sp³-hybridized carbons (Fsp3) is 0.263. The van der Waals surface area contributed by atoms with Crippen molar-refractivity contribution < 1.29 is 24.3 Å². The molecule has 2 aliphatic carbocycles. The van der Waals surface area contributed by atoms with Crippen LogP contribution in [0.25, 0.3) is 10.8 Å². The number of aromatic hydroxyl groups is 1. The highest BCUT2D eigenvalue weighted by Crippen LogP contribution is 2.64. The Bertz CT molecular complexity index is 1940. The number of para-hydroxylation sites is 1. The van der Waals surface area contributed by atoms with Crippen LogP contribution in [0.1, 0.15) is 36.8 Å². The standard InChI is InChI=1S/C38H32N2O5/c1-38-30(35(43)40(37(38)45)23-12-6-3-7-13-23)20-29-27(33(38)26-18-19-31(41)25-15-9-8-14-24(25)26)16-17-28-32(29)36(44)39(34(28)42)21-22-10-4-2-5-11-22/h2-16,18-19,28-30,32-33,41H,17,20-21H2,1H3. The van der Waals surface area contributed by atoms with Crippen LogP contribution in [0.5, 0.6) is 5.75 Å². The number of hydrogen-bond donors (Lipinski definition) is 1.